The molecular formula is C16H30N8S. The minimum Gasteiger partial charge on any atom is -0.242 e. The molecule has 2 rings (SSSR count). The van der Waals surface area contributed by atoms with Gasteiger partial charge in [-0.3, -0.25) is 0 Å². The topological polar surface area (TPSA) is 109 Å². The smallest absolute Gasteiger partial charge is 0.154 e. The molecule has 2 aromatic rings. The monoisotopic (exact) mass is 366 g/mol. The van der Waals surface area contributed by atoms with Gasteiger partial charge in [-0.15, -0.1) is 10.2 Å². The summed E-state index contributed by atoms with van der Waals surface area (Å²) in [6.07, 6.45) is 7.09. The number of rotatable bonds is 12. The molecule has 0 aliphatic carbocycles. The molecule has 2 heterocycles. The van der Waals surface area contributed by atoms with Crippen LogP contribution in [0.2, 0.25) is 0 Å². The van der Waals surface area contributed by atoms with E-state index in [1.807, 2.05) is 0 Å². The molecule has 2 N–H and O–H groups in total. The van der Waals surface area contributed by atoms with Crippen molar-refractivity contribution in [2.75, 3.05) is 11.5 Å². The average Bonchev–Trinajstić information content (AvgIpc) is 3.26. The largest absolute Gasteiger partial charge is 0.242 e. The molecule has 0 atom stereocenters. The van der Waals surface area contributed by atoms with E-state index in [1.165, 1.54) is 37.2 Å². The number of nitrogens with one attached hydrogen (secondary N) is 2. The molecule has 0 unspecified atom stereocenters. The Morgan fingerprint density at radius 3 is 1.52 bits per heavy atom. The lowest BCUT2D eigenvalue weighted by molar-refractivity contribution is 0.432. The van der Waals surface area contributed by atoms with Crippen LogP contribution in [-0.2, 0) is 10.8 Å². The second kappa shape index (κ2) is 9.26. The zero-order chi connectivity index (χ0) is 18.2. The Morgan fingerprint density at radius 2 is 1.16 bits per heavy atom. The number of H-pyrrole nitrogens is 2. The molecule has 0 radical (unpaired) electrons. The molecule has 0 aliphatic rings. The number of tetrazole rings is 2. The molecule has 2 aromatic heterocycles. The molecule has 8 nitrogen and oxygen atoms in total. The lowest BCUT2D eigenvalue weighted by Gasteiger charge is -2.20. The van der Waals surface area contributed by atoms with Crippen LogP contribution in [0.1, 0.15) is 77.9 Å². The summed E-state index contributed by atoms with van der Waals surface area (Å²) in [6.45, 7) is 8.75. The average molecular weight is 367 g/mol. The van der Waals surface area contributed by atoms with Crippen molar-refractivity contribution in [1.29, 1.82) is 0 Å². The van der Waals surface area contributed by atoms with Crippen LogP contribution in [0.3, 0.4) is 0 Å². The summed E-state index contributed by atoms with van der Waals surface area (Å²) in [6, 6.07) is 0. The first-order valence-corrected chi connectivity index (χ1v) is 10.1. The van der Waals surface area contributed by atoms with E-state index >= 15 is 0 Å². The Hall–Kier alpha value is -1.51. The zero-order valence-corrected chi connectivity index (χ0v) is 16.6. The molecule has 0 aromatic carbocycles. The van der Waals surface area contributed by atoms with Crippen molar-refractivity contribution in [3.63, 3.8) is 0 Å². The number of aromatic amines is 2. The highest BCUT2D eigenvalue weighted by Gasteiger charge is 2.24. The van der Waals surface area contributed by atoms with Gasteiger partial charge in [-0.1, -0.05) is 40.5 Å². The summed E-state index contributed by atoms with van der Waals surface area (Å²) in [5.41, 5.74) is 0.0463. The molecule has 0 spiro atoms. The number of unbranched alkanes of at least 4 members (excludes halogenated alkanes) is 2. The Kier molecular flexibility index (Phi) is 7.34. The van der Waals surface area contributed by atoms with E-state index < -0.39 is 0 Å². The first-order chi connectivity index (χ1) is 11.9. The summed E-state index contributed by atoms with van der Waals surface area (Å²) in [5.74, 6) is 4.20. The van der Waals surface area contributed by atoms with E-state index in [9.17, 15) is 0 Å². The van der Waals surface area contributed by atoms with Gasteiger partial charge in [-0.25, -0.2) is 10.2 Å². The minimum atomic E-state index is 0.0231. The van der Waals surface area contributed by atoms with Gasteiger partial charge in [0.15, 0.2) is 11.6 Å². The summed E-state index contributed by atoms with van der Waals surface area (Å²) < 4.78 is 0. The minimum absolute atomic E-state index is 0.0231. The maximum atomic E-state index is 4.04. The van der Waals surface area contributed by atoms with Crippen LogP contribution in [0, 0.1) is 0 Å². The fourth-order valence-electron chi connectivity index (χ4n) is 2.77. The van der Waals surface area contributed by atoms with Gasteiger partial charge in [0.05, 0.1) is 0 Å². The zero-order valence-electron chi connectivity index (χ0n) is 15.7. The van der Waals surface area contributed by atoms with E-state index in [4.69, 9.17) is 0 Å². The molecule has 0 bridgehead atoms. The highest BCUT2D eigenvalue weighted by Crippen LogP contribution is 2.27. The predicted molar refractivity (Wildman–Crippen MR) is 99.4 cm³/mol. The van der Waals surface area contributed by atoms with Gasteiger partial charge in [0.2, 0.25) is 0 Å². The maximum absolute atomic E-state index is 4.04. The van der Waals surface area contributed by atoms with Crippen molar-refractivity contribution in [2.45, 2.75) is 77.0 Å². The highest BCUT2D eigenvalue weighted by molar-refractivity contribution is 7.99. The van der Waals surface area contributed by atoms with Crippen LogP contribution < -0.4 is 0 Å². The fourth-order valence-corrected chi connectivity index (χ4v) is 3.79. The van der Waals surface area contributed by atoms with E-state index in [0.29, 0.717) is 0 Å². The number of aromatic nitrogens is 8. The highest BCUT2D eigenvalue weighted by atomic mass is 32.2. The number of thioether (sulfide) groups is 1. The lowest BCUT2D eigenvalue weighted by atomic mass is 9.86. The van der Waals surface area contributed by atoms with Crippen molar-refractivity contribution >= 4 is 11.8 Å². The molecule has 0 saturated heterocycles. The first kappa shape index (κ1) is 19.8. The second-order valence-electron chi connectivity index (χ2n) is 7.79. The van der Waals surface area contributed by atoms with Crippen LogP contribution in [0.4, 0.5) is 0 Å². The first-order valence-electron chi connectivity index (χ1n) is 8.98. The Balaban J connectivity index is 1.49. The van der Waals surface area contributed by atoms with Gasteiger partial charge in [0.25, 0.3) is 0 Å². The third-order valence-electron chi connectivity index (χ3n) is 4.65. The van der Waals surface area contributed by atoms with Crippen molar-refractivity contribution in [1.82, 2.24) is 41.2 Å². The van der Waals surface area contributed by atoms with Crippen LogP contribution >= 0.6 is 11.8 Å². The molecule has 0 aliphatic heterocycles. The fraction of sp³-hybridized carbons (Fsp3) is 0.875. The van der Waals surface area contributed by atoms with Crippen LogP contribution in [0.25, 0.3) is 0 Å². The molecule has 140 valence electrons. The van der Waals surface area contributed by atoms with Crippen molar-refractivity contribution in [3.05, 3.63) is 11.6 Å². The van der Waals surface area contributed by atoms with E-state index in [2.05, 4.69) is 80.7 Å². The van der Waals surface area contributed by atoms with E-state index in [0.717, 1.165) is 24.5 Å². The normalized spacial score (nSPS) is 12.6. The van der Waals surface area contributed by atoms with E-state index in [-0.39, 0.29) is 10.8 Å². The molecule has 0 saturated carbocycles. The SMILES string of the molecule is CC(C)(CCCCSCCCCC(C)(C)c1nnn[nH]1)c1nnn[nH]1. The molecule has 25 heavy (non-hydrogen) atoms. The lowest BCUT2D eigenvalue weighted by Crippen LogP contribution is -2.19. The van der Waals surface area contributed by atoms with Crippen LogP contribution in [0.15, 0.2) is 0 Å². The third kappa shape index (κ3) is 6.37. The van der Waals surface area contributed by atoms with Gasteiger partial charge in [0.1, 0.15) is 0 Å². The standard InChI is InChI=1S/C16H30N8S/c1-15(2,13-17-21-22-18-13)9-5-7-11-25-12-8-6-10-16(3,4)14-19-23-24-20-14/h5-12H2,1-4H3,(H,17,18,21,22)(H,19,20,23,24). The third-order valence-corrected chi connectivity index (χ3v) is 5.81. The number of nitrogens with zero attached hydrogens (tertiary/aromatic N) is 6. The Bertz CT molecular complexity index is 527. The quantitative estimate of drug-likeness (QED) is 0.556. The predicted octanol–water partition coefficient (Wildman–Crippen LogP) is 3.04. The van der Waals surface area contributed by atoms with Gasteiger partial charge in [0, 0.05) is 10.8 Å². The van der Waals surface area contributed by atoms with Gasteiger partial charge < -0.3 is 0 Å². The van der Waals surface area contributed by atoms with Crippen LogP contribution in [-0.4, -0.2) is 52.8 Å². The van der Waals surface area contributed by atoms with Gasteiger partial charge in [-0.05, 0) is 58.0 Å². The molecular weight excluding hydrogens is 336 g/mol. The summed E-state index contributed by atoms with van der Waals surface area (Å²) in [4.78, 5) is 0. The van der Waals surface area contributed by atoms with E-state index in [1.54, 1.807) is 0 Å². The number of hydrogen-bond donors (Lipinski definition) is 2. The van der Waals surface area contributed by atoms with Crippen molar-refractivity contribution in [3.8, 4) is 0 Å². The molecule has 0 fully saturated rings. The Labute approximate surface area is 153 Å². The molecule has 9 heteroatoms. The summed E-state index contributed by atoms with van der Waals surface area (Å²) >= 11 is 2.05. The number of hydrogen-bond acceptors (Lipinski definition) is 7. The van der Waals surface area contributed by atoms with Crippen LogP contribution in [0.5, 0.6) is 0 Å². The molecule has 0 amide bonds. The summed E-state index contributed by atoms with van der Waals surface area (Å²) in [7, 11) is 0. The van der Waals surface area contributed by atoms with Gasteiger partial charge in [-0.2, -0.15) is 11.8 Å². The Morgan fingerprint density at radius 1 is 0.720 bits per heavy atom. The van der Waals surface area contributed by atoms with Crippen molar-refractivity contribution in [2.24, 2.45) is 0 Å². The van der Waals surface area contributed by atoms with Crippen molar-refractivity contribution < 1.29 is 0 Å². The second-order valence-corrected chi connectivity index (χ2v) is 9.02. The summed E-state index contributed by atoms with van der Waals surface area (Å²) in [5, 5.41) is 28.5. The van der Waals surface area contributed by atoms with Gasteiger partial charge >= 0.3 is 0 Å². The maximum Gasteiger partial charge on any atom is 0.154 e.